The molecule has 1 heterocycles. The first-order chi connectivity index (χ1) is 9.09. The van der Waals surface area contributed by atoms with Crippen LogP contribution in [-0.2, 0) is 20.9 Å². The van der Waals surface area contributed by atoms with Crippen molar-refractivity contribution < 1.29 is 19.0 Å². The van der Waals surface area contributed by atoms with E-state index in [-0.39, 0.29) is 12.0 Å². The van der Waals surface area contributed by atoms with Crippen molar-refractivity contribution in [3.63, 3.8) is 0 Å². The lowest BCUT2D eigenvalue weighted by Crippen LogP contribution is -2.20. The maximum absolute atomic E-state index is 10.8. The number of carbonyl (C=O) groups is 1. The van der Waals surface area contributed by atoms with E-state index in [9.17, 15) is 4.79 Å². The Balaban J connectivity index is 1.73. The van der Waals surface area contributed by atoms with Crippen molar-refractivity contribution in [2.45, 2.75) is 32.2 Å². The Morgan fingerprint density at radius 2 is 2.11 bits per heavy atom. The lowest BCUT2D eigenvalue weighted by molar-refractivity contribution is -0.111. The fourth-order valence-electron chi connectivity index (χ4n) is 2.19. The van der Waals surface area contributed by atoms with Crippen LogP contribution in [0.4, 0.5) is 0 Å². The van der Waals surface area contributed by atoms with E-state index in [1.54, 1.807) is 7.11 Å². The molecule has 0 aromatic heterocycles. The Kier molecular flexibility index (Phi) is 4.22. The van der Waals surface area contributed by atoms with Crippen LogP contribution in [0.15, 0.2) is 24.3 Å². The van der Waals surface area contributed by atoms with Crippen LogP contribution in [0.3, 0.4) is 0 Å². The van der Waals surface area contributed by atoms with Crippen molar-refractivity contribution in [2.24, 2.45) is 5.92 Å². The summed E-state index contributed by atoms with van der Waals surface area (Å²) >= 11 is 0. The molecule has 1 aliphatic heterocycles. The van der Waals surface area contributed by atoms with E-state index >= 15 is 0 Å². The normalized spacial score (nSPS) is 26.8. The number of carbonyl (C=O) groups excluding carboxylic acids is 1. The number of rotatable bonds is 7. The highest BCUT2D eigenvalue weighted by Crippen LogP contribution is 2.39. The topological polar surface area (TPSA) is 48.1 Å². The fraction of sp³-hybridized carbons (Fsp3) is 0.533. The van der Waals surface area contributed by atoms with Crippen LogP contribution in [0.2, 0.25) is 0 Å². The third kappa shape index (κ3) is 3.33. The maximum atomic E-state index is 10.8. The van der Waals surface area contributed by atoms with Crippen molar-refractivity contribution in [1.82, 2.24) is 0 Å². The molecule has 0 aliphatic carbocycles. The van der Waals surface area contributed by atoms with E-state index in [2.05, 4.69) is 0 Å². The minimum atomic E-state index is -0.594. The molecule has 19 heavy (non-hydrogen) atoms. The third-order valence-corrected chi connectivity index (χ3v) is 3.45. The second kappa shape index (κ2) is 5.72. The molecule has 0 amide bonds. The molecular formula is C15H20O4. The molecule has 4 nitrogen and oxygen atoms in total. The summed E-state index contributed by atoms with van der Waals surface area (Å²) in [5.74, 6) is 1.05. The lowest BCUT2D eigenvalue weighted by Gasteiger charge is -2.10. The molecule has 2 rings (SSSR count). The molecule has 0 unspecified atom stereocenters. The van der Waals surface area contributed by atoms with Gasteiger partial charge in [0.1, 0.15) is 11.4 Å². The van der Waals surface area contributed by atoms with Gasteiger partial charge in [-0.05, 0) is 24.6 Å². The summed E-state index contributed by atoms with van der Waals surface area (Å²) in [4.78, 5) is 10.8. The summed E-state index contributed by atoms with van der Waals surface area (Å²) in [6.07, 6.45) is 0.860. The van der Waals surface area contributed by atoms with Gasteiger partial charge >= 0.3 is 0 Å². The molecule has 0 spiro atoms. The molecule has 0 bridgehead atoms. The van der Waals surface area contributed by atoms with Crippen LogP contribution in [0.5, 0.6) is 5.75 Å². The Morgan fingerprint density at radius 1 is 1.42 bits per heavy atom. The second-order valence-corrected chi connectivity index (χ2v) is 5.18. The molecule has 1 aliphatic rings. The second-order valence-electron chi connectivity index (χ2n) is 5.18. The number of epoxide rings is 1. The summed E-state index contributed by atoms with van der Waals surface area (Å²) in [5.41, 5.74) is 0.506. The predicted octanol–water partition coefficient (Wildman–Crippen LogP) is 2.20. The molecule has 1 aromatic carbocycles. The number of methoxy groups -OCH3 is 1. The number of benzene rings is 1. The van der Waals surface area contributed by atoms with Crippen molar-refractivity contribution in [3.8, 4) is 5.75 Å². The smallest absolute Gasteiger partial charge is 0.154 e. The van der Waals surface area contributed by atoms with Crippen molar-refractivity contribution in [3.05, 3.63) is 29.8 Å². The number of hydrogen-bond acceptors (Lipinski definition) is 4. The van der Waals surface area contributed by atoms with Crippen LogP contribution in [0.25, 0.3) is 0 Å². The predicted molar refractivity (Wildman–Crippen MR) is 71.2 cm³/mol. The summed E-state index contributed by atoms with van der Waals surface area (Å²) in [5, 5.41) is 0. The molecule has 1 fully saturated rings. The molecule has 0 radical (unpaired) electrons. The van der Waals surface area contributed by atoms with E-state index < -0.39 is 5.60 Å². The highest BCUT2D eigenvalue weighted by Gasteiger charge is 2.55. The van der Waals surface area contributed by atoms with Gasteiger partial charge in [0.15, 0.2) is 6.29 Å². The molecule has 3 atom stereocenters. The Morgan fingerprint density at radius 3 is 2.63 bits per heavy atom. The van der Waals surface area contributed by atoms with Gasteiger partial charge in [-0.2, -0.15) is 0 Å². The van der Waals surface area contributed by atoms with Gasteiger partial charge in [-0.1, -0.05) is 19.1 Å². The zero-order valence-corrected chi connectivity index (χ0v) is 11.6. The quantitative estimate of drug-likeness (QED) is 0.559. The van der Waals surface area contributed by atoms with E-state index in [0.717, 1.165) is 17.6 Å². The highest BCUT2D eigenvalue weighted by atomic mass is 16.6. The van der Waals surface area contributed by atoms with Crippen LogP contribution in [0.1, 0.15) is 19.4 Å². The van der Waals surface area contributed by atoms with Crippen LogP contribution in [0, 0.1) is 5.92 Å². The molecule has 1 saturated heterocycles. The van der Waals surface area contributed by atoms with Crippen LogP contribution in [-0.4, -0.2) is 31.7 Å². The average molecular weight is 264 g/mol. The Hall–Kier alpha value is -1.39. The van der Waals surface area contributed by atoms with E-state index in [0.29, 0.717) is 13.2 Å². The van der Waals surface area contributed by atoms with Gasteiger partial charge < -0.3 is 19.0 Å². The largest absolute Gasteiger partial charge is 0.497 e. The standard InChI is InChI=1S/C15H20O4/c1-11(14-15(2,10-16)19-14)8-18-9-12-4-6-13(17-3)7-5-12/h4-7,10-11,14H,8-9H2,1-3H3/t11-,14+,15+/m0/s1. The monoisotopic (exact) mass is 264 g/mol. The van der Waals surface area contributed by atoms with Gasteiger partial charge in [-0.15, -0.1) is 0 Å². The van der Waals surface area contributed by atoms with Gasteiger partial charge in [0.25, 0.3) is 0 Å². The minimum absolute atomic E-state index is 0.0131. The lowest BCUT2D eigenvalue weighted by atomic mass is 9.99. The van der Waals surface area contributed by atoms with E-state index in [1.165, 1.54) is 0 Å². The molecular weight excluding hydrogens is 244 g/mol. The first kappa shape index (κ1) is 14.0. The van der Waals surface area contributed by atoms with E-state index in [4.69, 9.17) is 14.2 Å². The molecule has 0 N–H and O–H groups in total. The fourth-order valence-corrected chi connectivity index (χ4v) is 2.19. The highest BCUT2D eigenvalue weighted by molar-refractivity contribution is 5.67. The maximum Gasteiger partial charge on any atom is 0.154 e. The molecule has 104 valence electrons. The Bertz CT molecular complexity index is 428. The Labute approximate surface area is 113 Å². The average Bonchev–Trinajstić information content (AvgIpc) is 3.13. The van der Waals surface area contributed by atoms with Gasteiger partial charge in [-0.3, -0.25) is 0 Å². The summed E-state index contributed by atoms with van der Waals surface area (Å²) in [6.45, 7) is 4.98. The molecule has 0 saturated carbocycles. The number of aldehydes is 1. The van der Waals surface area contributed by atoms with Gasteiger partial charge in [0, 0.05) is 5.92 Å². The van der Waals surface area contributed by atoms with Crippen LogP contribution >= 0.6 is 0 Å². The minimum Gasteiger partial charge on any atom is -0.497 e. The first-order valence-corrected chi connectivity index (χ1v) is 6.44. The van der Waals surface area contributed by atoms with Gasteiger partial charge in [-0.25, -0.2) is 0 Å². The molecule has 1 aromatic rings. The van der Waals surface area contributed by atoms with E-state index in [1.807, 2.05) is 38.1 Å². The SMILES string of the molecule is COc1ccc(COC[C@H](C)[C@H]2O[C@]2(C)C=O)cc1. The van der Waals surface area contributed by atoms with Crippen molar-refractivity contribution >= 4 is 6.29 Å². The third-order valence-electron chi connectivity index (χ3n) is 3.45. The summed E-state index contributed by atoms with van der Waals surface area (Å²) in [7, 11) is 1.65. The van der Waals surface area contributed by atoms with Crippen LogP contribution < -0.4 is 4.74 Å². The number of ether oxygens (including phenoxy) is 3. The van der Waals surface area contributed by atoms with Gasteiger partial charge in [0.2, 0.25) is 0 Å². The number of hydrogen-bond donors (Lipinski definition) is 0. The van der Waals surface area contributed by atoms with Crippen molar-refractivity contribution in [2.75, 3.05) is 13.7 Å². The summed E-state index contributed by atoms with van der Waals surface area (Å²) < 4.78 is 16.1. The zero-order valence-electron chi connectivity index (χ0n) is 11.6. The first-order valence-electron chi connectivity index (χ1n) is 6.44. The van der Waals surface area contributed by atoms with Gasteiger partial charge in [0.05, 0.1) is 26.4 Å². The zero-order chi connectivity index (χ0) is 13.9. The van der Waals surface area contributed by atoms with Crippen molar-refractivity contribution in [1.29, 1.82) is 0 Å². The summed E-state index contributed by atoms with van der Waals surface area (Å²) in [6, 6.07) is 7.78. The molecule has 4 heteroatoms.